The molecule has 14 heavy (non-hydrogen) atoms. The Hall–Kier alpha value is -0.760. The van der Waals surface area contributed by atoms with Crippen molar-refractivity contribution in [1.82, 2.24) is 0 Å². The standard InChI is InChI=1S/C8H6F2INO2/c9-3-1-4(7(12)8(13)14)6(11)5(10)2-3/h1-2,7H,12H2,(H,13,14)/t7-/m0/s1. The first kappa shape index (κ1) is 11.3. The molecule has 1 aromatic rings. The molecule has 1 aromatic carbocycles. The molecular weight excluding hydrogens is 307 g/mol. The van der Waals surface area contributed by atoms with E-state index in [1.165, 1.54) is 0 Å². The van der Waals surface area contributed by atoms with Gasteiger partial charge in [-0.3, -0.25) is 4.79 Å². The zero-order chi connectivity index (χ0) is 10.9. The third kappa shape index (κ3) is 2.18. The molecule has 0 aliphatic carbocycles. The topological polar surface area (TPSA) is 63.3 Å². The summed E-state index contributed by atoms with van der Waals surface area (Å²) in [7, 11) is 0. The third-order valence-electron chi connectivity index (χ3n) is 1.62. The second-order valence-electron chi connectivity index (χ2n) is 2.61. The van der Waals surface area contributed by atoms with Crippen LogP contribution in [-0.4, -0.2) is 11.1 Å². The summed E-state index contributed by atoms with van der Waals surface area (Å²) >= 11 is 1.59. The highest BCUT2D eigenvalue weighted by atomic mass is 127. The molecule has 0 saturated carbocycles. The van der Waals surface area contributed by atoms with Crippen molar-refractivity contribution >= 4 is 28.6 Å². The third-order valence-corrected chi connectivity index (χ3v) is 2.76. The molecule has 0 heterocycles. The van der Waals surface area contributed by atoms with Crippen molar-refractivity contribution in [3.8, 4) is 0 Å². The van der Waals surface area contributed by atoms with Crippen LogP contribution in [0.3, 0.4) is 0 Å². The van der Waals surface area contributed by atoms with Crippen molar-refractivity contribution in [1.29, 1.82) is 0 Å². The first-order valence-electron chi connectivity index (χ1n) is 3.56. The van der Waals surface area contributed by atoms with Crippen molar-refractivity contribution < 1.29 is 18.7 Å². The van der Waals surface area contributed by atoms with Crippen LogP contribution in [0, 0.1) is 15.2 Å². The van der Waals surface area contributed by atoms with Gasteiger partial charge in [0, 0.05) is 6.07 Å². The van der Waals surface area contributed by atoms with Gasteiger partial charge in [0.05, 0.1) is 3.57 Å². The molecule has 1 atom stereocenters. The molecule has 6 heteroatoms. The van der Waals surface area contributed by atoms with E-state index < -0.39 is 23.6 Å². The van der Waals surface area contributed by atoms with Gasteiger partial charge in [0.2, 0.25) is 0 Å². The minimum absolute atomic E-state index is 0.0268. The van der Waals surface area contributed by atoms with E-state index in [1.54, 1.807) is 22.6 Å². The molecule has 0 spiro atoms. The molecule has 0 aromatic heterocycles. The minimum Gasteiger partial charge on any atom is -0.480 e. The molecular formula is C8H6F2INO2. The van der Waals surface area contributed by atoms with E-state index in [0.717, 1.165) is 6.07 Å². The number of carboxylic acid groups (broad SMARTS) is 1. The lowest BCUT2D eigenvalue weighted by atomic mass is 10.1. The Balaban J connectivity index is 3.26. The average Bonchev–Trinajstić information content (AvgIpc) is 2.09. The lowest BCUT2D eigenvalue weighted by Gasteiger charge is -2.09. The summed E-state index contributed by atoms with van der Waals surface area (Å²) in [6, 6.07) is 0.191. The number of hydrogen-bond donors (Lipinski definition) is 2. The number of halogens is 3. The van der Waals surface area contributed by atoms with Crippen molar-refractivity contribution in [2.45, 2.75) is 6.04 Å². The maximum absolute atomic E-state index is 13.0. The summed E-state index contributed by atoms with van der Waals surface area (Å²) in [6.07, 6.45) is 0. The molecule has 0 bridgehead atoms. The van der Waals surface area contributed by atoms with Crippen LogP contribution in [0.5, 0.6) is 0 Å². The van der Waals surface area contributed by atoms with E-state index in [1.807, 2.05) is 0 Å². The van der Waals surface area contributed by atoms with E-state index in [2.05, 4.69) is 0 Å². The van der Waals surface area contributed by atoms with Crippen LogP contribution in [0.25, 0.3) is 0 Å². The molecule has 0 saturated heterocycles. The fraction of sp³-hybridized carbons (Fsp3) is 0.125. The molecule has 0 aliphatic heterocycles. The summed E-state index contributed by atoms with van der Waals surface area (Å²) in [6.45, 7) is 0. The predicted octanol–water partition coefficient (Wildman–Crippen LogP) is 1.65. The summed E-state index contributed by atoms with van der Waals surface area (Å²) in [4.78, 5) is 10.5. The SMILES string of the molecule is N[C@H](C(=O)O)c1cc(F)cc(F)c1I. The van der Waals surface area contributed by atoms with Gasteiger partial charge in [0.25, 0.3) is 0 Å². The normalized spacial score (nSPS) is 12.6. The number of nitrogens with two attached hydrogens (primary N) is 1. The van der Waals surface area contributed by atoms with Gasteiger partial charge in [0.15, 0.2) is 0 Å². The van der Waals surface area contributed by atoms with Crippen LogP contribution in [0.4, 0.5) is 8.78 Å². The van der Waals surface area contributed by atoms with Gasteiger partial charge in [-0.1, -0.05) is 0 Å². The van der Waals surface area contributed by atoms with Gasteiger partial charge in [-0.15, -0.1) is 0 Å². The lowest BCUT2D eigenvalue weighted by molar-refractivity contribution is -0.138. The highest BCUT2D eigenvalue weighted by Gasteiger charge is 2.20. The molecule has 0 fully saturated rings. The first-order valence-corrected chi connectivity index (χ1v) is 4.64. The van der Waals surface area contributed by atoms with Crippen molar-refractivity contribution in [3.63, 3.8) is 0 Å². The molecule has 0 unspecified atom stereocenters. The summed E-state index contributed by atoms with van der Waals surface area (Å²) < 4.78 is 25.7. The molecule has 1 rings (SSSR count). The van der Waals surface area contributed by atoms with Gasteiger partial charge in [-0.25, -0.2) is 8.78 Å². The maximum atomic E-state index is 13.0. The largest absolute Gasteiger partial charge is 0.480 e. The Morgan fingerprint density at radius 1 is 1.50 bits per heavy atom. The average molecular weight is 313 g/mol. The quantitative estimate of drug-likeness (QED) is 0.645. The Bertz CT molecular complexity index is 384. The van der Waals surface area contributed by atoms with E-state index in [4.69, 9.17) is 10.8 Å². The summed E-state index contributed by atoms with van der Waals surface area (Å²) in [5.41, 5.74) is 5.18. The second-order valence-corrected chi connectivity index (χ2v) is 3.69. The van der Waals surface area contributed by atoms with Gasteiger partial charge in [0.1, 0.15) is 17.7 Å². The second kappa shape index (κ2) is 4.18. The molecule has 0 radical (unpaired) electrons. The molecule has 76 valence electrons. The van der Waals surface area contributed by atoms with Crippen LogP contribution < -0.4 is 5.73 Å². The molecule has 3 nitrogen and oxygen atoms in total. The summed E-state index contributed by atoms with van der Waals surface area (Å²) in [5.74, 6) is -2.97. The Morgan fingerprint density at radius 3 is 2.57 bits per heavy atom. The lowest BCUT2D eigenvalue weighted by Crippen LogP contribution is -2.22. The van der Waals surface area contributed by atoms with Gasteiger partial charge in [-0.05, 0) is 34.2 Å². The van der Waals surface area contributed by atoms with Crippen LogP contribution >= 0.6 is 22.6 Å². The fourth-order valence-corrected chi connectivity index (χ4v) is 1.58. The highest BCUT2D eigenvalue weighted by Crippen LogP contribution is 2.22. The van der Waals surface area contributed by atoms with Crippen LogP contribution in [0.1, 0.15) is 11.6 Å². The Labute approximate surface area is 92.0 Å². The number of carboxylic acids is 1. The number of carbonyl (C=O) groups is 1. The number of aliphatic carboxylic acids is 1. The highest BCUT2D eigenvalue weighted by molar-refractivity contribution is 14.1. The molecule has 0 amide bonds. The Kier molecular flexibility index (Phi) is 3.38. The molecule has 3 N–H and O–H groups in total. The first-order chi connectivity index (χ1) is 6.43. The van der Waals surface area contributed by atoms with Crippen LogP contribution in [-0.2, 0) is 4.79 Å². The zero-order valence-electron chi connectivity index (χ0n) is 6.80. The van der Waals surface area contributed by atoms with Crippen molar-refractivity contribution in [2.75, 3.05) is 0 Å². The fourth-order valence-electron chi connectivity index (χ4n) is 0.935. The number of hydrogen-bond acceptors (Lipinski definition) is 2. The monoisotopic (exact) mass is 313 g/mol. The Morgan fingerprint density at radius 2 is 2.07 bits per heavy atom. The van der Waals surface area contributed by atoms with E-state index in [-0.39, 0.29) is 9.13 Å². The van der Waals surface area contributed by atoms with E-state index in [0.29, 0.717) is 6.07 Å². The zero-order valence-corrected chi connectivity index (χ0v) is 8.96. The van der Waals surface area contributed by atoms with E-state index in [9.17, 15) is 13.6 Å². The number of benzene rings is 1. The van der Waals surface area contributed by atoms with Gasteiger partial charge < -0.3 is 10.8 Å². The number of rotatable bonds is 2. The van der Waals surface area contributed by atoms with E-state index >= 15 is 0 Å². The van der Waals surface area contributed by atoms with Crippen molar-refractivity contribution in [2.24, 2.45) is 5.73 Å². The van der Waals surface area contributed by atoms with Crippen LogP contribution in [0.15, 0.2) is 12.1 Å². The van der Waals surface area contributed by atoms with Gasteiger partial charge in [-0.2, -0.15) is 0 Å². The van der Waals surface area contributed by atoms with Gasteiger partial charge >= 0.3 is 5.97 Å². The summed E-state index contributed by atoms with van der Waals surface area (Å²) in [5, 5.41) is 8.57. The smallest absolute Gasteiger partial charge is 0.325 e. The predicted molar refractivity (Wildman–Crippen MR) is 53.6 cm³/mol. The minimum atomic E-state index is -1.41. The molecule has 0 aliphatic rings. The van der Waals surface area contributed by atoms with Crippen molar-refractivity contribution in [3.05, 3.63) is 32.9 Å². The van der Waals surface area contributed by atoms with Crippen LogP contribution in [0.2, 0.25) is 0 Å². The maximum Gasteiger partial charge on any atom is 0.325 e.